The lowest BCUT2D eigenvalue weighted by atomic mass is 9.96. The molecule has 0 fully saturated rings. The zero-order chi connectivity index (χ0) is 16.2. The van der Waals surface area contributed by atoms with Crippen LogP contribution in [-0.4, -0.2) is 47.3 Å². The average Bonchev–Trinajstić information content (AvgIpc) is 2.34. The van der Waals surface area contributed by atoms with Gasteiger partial charge in [0.25, 0.3) is 0 Å². The van der Waals surface area contributed by atoms with Crippen LogP contribution in [0, 0.1) is 5.41 Å². The van der Waals surface area contributed by atoms with E-state index in [0.29, 0.717) is 12.2 Å². The lowest BCUT2D eigenvalue weighted by Gasteiger charge is -2.31. The van der Waals surface area contributed by atoms with E-state index in [1.807, 2.05) is 20.8 Å². The van der Waals surface area contributed by atoms with Gasteiger partial charge in [-0.25, -0.2) is 4.79 Å². The monoisotopic (exact) mass is 294 g/mol. The number of carboxylic acids is 1. The van der Waals surface area contributed by atoms with Crippen molar-refractivity contribution in [1.29, 1.82) is 0 Å². The van der Waals surface area contributed by atoms with Gasteiger partial charge in [0.05, 0.1) is 0 Å². The summed E-state index contributed by atoms with van der Waals surface area (Å²) in [6.45, 7) is 6.06. The van der Waals surface area contributed by atoms with Gasteiger partial charge < -0.3 is 15.1 Å². The van der Waals surface area contributed by atoms with E-state index in [4.69, 9.17) is 5.11 Å². The fraction of sp³-hybridized carbons (Fsp3) is 0.467. The number of carboxylic acid groups (broad SMARTS) is 1. The summed E-state index contributed by atoms with van der Waals surface area (Å²) in [5, 5.41) is 18.3. The number of benzene rings is 1. The number of rotatable bonds is 4. The number of nitrogens with zero attached hydrogens (tertiary/aromatic N) is 2. The number of amides is 2. The molecule has 1 rings (SSSR count). The van der Waals surface area contributed by atoms with Gasteiger partial charge in [0.2, 0.25) is 0 Å². The fourth-order valence-electron chi connectivity index (χ4n) is 2.02. The Morgan fingerprint density at radius 1 is 1.14 bits per heavy atom. The molecule has 0 bridgehead atoms. The van der Waals surface area contributed by atoms with Crippen molar-refractivity contribution in [2.75, 3.05) is 25.0 Å². The summed E-state index contributed by atoms with van der Waals surface area (Å²) < 4.78 is 0. The van der Waals surface area contributed by atoms with Crippen LogP contribution in [0.1, 0.15) is 20.8 Å². The molecule has 0 spiro atoms. The predicted molar refractivity (Wildman–Crippen MR) is 80.6 cm³/mol. The van der Waals surface area contributed by atoms with Gasteiger partial charge in [0, 0.05) is 19.3 Å². The minimum Gasteiger partial charge on any atom is -0.508 e. The summed E-state index contributed by atoms with van der Waals surface area (Å²) in [5.41, 5.74) is 0.342. The maximum absolute atomic E-state index is 12.5. The third-order valence-corrected chi connectivity index (χ3v) is 2.72. The van der Waals surface area contributed by atoms with E-state index in [9.17, 15) is 14.7 Å². The minimum atomic E-state index is -1.10. The van der Waals surface area contributed by atoms with Crippen molar-refractivity contribution < 1.29 is 19.8 Å². The van der Waals surface area contributed by atoms with E-state index in [2.05, 4.69) is 0 Å². The molecule has 6 nitrogen and oxygen atoms in total. The lowest BCUT2D eigenvalue weighted by molar-refractivity contribution is -0.135. The Bertz CT molecular complexity index is 505. The van der Waals surface area contributed by atoms with Crippen molar-refractivity contribution in [3.63, 3.8) is 0 Å². The summed E-state index contributed by atoms with van der Waals surface area (Å²) in [6, 6.07) is 5.47. The highest BCUT2D eigenvalue weighted by molar-refractivity contribution is 5.96. The Labute approximate surface area is 124 Å². The van der Waals surface area contributed by atoms with Gasteiger partial charge in [-0.3, -0.25) is 9.69 Å². The topological polar surface area (TPSA) is 81.1 Å². The Morgan fingerprint density at radius 3 is 2.10 bits per heavy atom. The second-order valence-corrected chi connectivity index (χ2v) is 6.20. The molecule has 0 aliphatic carbocycles. The van der Waals surface area contributed by atoms with Gasteiger partial charge in [-0.2, -0.15) is 0 Å². The Balaban J connectivity index is 2.99. The molecule has 0 aliphatic heterocycles. The first-order valence-electron chi connectivity index (χ1n) is 6.63. The zero-order valence-corrected chi connectivity index (χ0v) is 12.8. The number of hydrogen-bond acceptors (Lipinski definition) is 3. The first-order chi connectivity index (χ1) is 9.60. The third kappa shape index (κ3) is 5.33. The summed E-state index contributed by atoms with van der Waals surface area (Å²) >= 11 is 0. The molecule has 0 unspecified atom stereocenters. The highest BCUT2D eigenvalue weighted by atomic mass is 16.4. The highest BCUT2D eigenvalue weighted by Gasteiger charge is 2.25. The first kappa shape index (κ1) is 16.8. The van der Waals surface area contributed by atoms with Crippen LogP contribution in [-0.2, 0) is 4.79 Å². The van der Waals surface area contributed by atoms with Crippen LogP contribution >= 0.6 is 0 Å². The van der Waals surface area contributed by atoms with Crippen molar-refractivity contribution in [3.05, 3.63) is 24.3 Å². The smallest absolute Gasteiger partial charge is 0.324 e. The molecule has 0 radical (unpaired) electrons. The summed E-state index contributed by atoms with van der Waals surface area (Å²) in [7, 11) is 1.64. The predicted octanol–water partition coefficient (Wildman–Crippen LogP) is 2.38. The van der Waals surface area contributed by atoms with Gasteiger partial charge in [-0.1, -0.05) is 20.8 Å². The SMILES string of the molecule is CN(CC(C)(C)C)C(=O)N(CC(=O)O)c1ccc(O)cc1. The maximum Gasteiger partial charge on any atom is 0.324 e. The second kappa shape index (κ2) is 6.47. The Kier molecular flexibility index (Phi) is 5.18. The molecule has 1 aromatic carbocycles. The van der Waals surface area contributed by atoms with E-state index in [1.54, 1.807) is 7.05 Å². The molecule has 2 amide bonds. The van der Waals surface area contributed by atoms with Crippen LogP contribution in [0.5, 0.6) is 5.75 Å². The van der Waals surface area contributed by atoms with E-state index >= 15 is 0 Å². The van der Waals surface area contributed by atoms with Crippen LogP contribution < -0.4 is 4.90 Å². The van der Waals surface area contributed by atoms with E-state index < -0.39 is 18.5 Å². The summed E-state index contributed by atoms with van der Waals surface area (Å²) in [5.74, 6) is -1.04. The van der Waals surface area contributed by atoms with Crippen molar-refractivity contribution in [2.45, 2.75) is 20.8 Å². The van der Waals surface area contributed by atoms with E-state index in [0.717, 1.165) is 0 Å². The second-order valence-electron chi connectivity index (χ2n) is 6.20. The number of phenols is 1. The van der Waals surface area contributed by atoms with Crippen LogP contribution in [0.3, 0.4) is 0 Å². The molecule has 0 saturated carbocycles. The van der Waals surface area contributed by atoms with Gasteiger partial charge >= 0.3 is 12.0 Å². The highest BCUT2D eigenvalue weighted by Crippen LogP contribution is 2.21. The number of phenolic OH excluding ortho intramolecular Hbond substituents is 1. The number of aromatic hydroxyl groups is 1. The number of aliphatic carboxylic acids is 1. The van der Waals surface area contributed by atoms with E-state index in [-0.39, 0.29) is 11.2 Å². The van der Waals surface area contributed by atoms with Crippen molar-refractivity contribution in [1.82, 2.24) is 4.90 Å². The molecular weight excluding hydrogens is 272 g/mol. The van der Waals surface area contributed by atoms with Crippen LogP contribution in [0.2, 0.25) is 0 Å². The van der Waals surface area contributed by atoms with Crippen molar-refractivity contribution in [2.24, 2.45) is 5.41 Å². The molecule has 2 N–H and O–H groups in total. The van der Waals surface area contributed by atoms with Gasteiger partial charge in [-0.05, 0) is 29.7 Å². The Morgan fingerprint density at radius 2 is 1.67 bits per heavy atom. The number of anilines is 1. The third-order valence-electron chi connectivity index (χ3n) is 2.72. The molecule has 0 aliphatic rings. The number of urea groups is 1. The molecule has 0 atom stereocenters. The summed E-state index contributed by atoms with van der Waals surface area (Å²) in [6.07, 6.45) is 0. The molecular formula is C15H22N2O4. The maximum atomic E-state index is 12.5. The van der Waals surface area contributed by atoms with Crippen LogP contribution in [0.15, 0.2) is 24.3 Å². The minimum absolute atomic E-state index is 0.0597. The normalized spacial score (nSPS) is 11.0. The fourth-order valence-corrected chi connectivity index (χ4v) is 2.02. The molecule has 0 aromatic heterocycles. The zero-order valence-electron chi connectivity index (χ0n) is 12.8. The molecule has 6 heteroatoms. The van der Waals surface area contributed by atoms with Crippen LogP contribution in [0.4, 0.5) is 10.5 Å². The molecule has 21 heavy (non-hydrogen) atoms. The lowest BCUT2D eigenvalue weighted by Crippen LogP contribution is -2.46. The summed E-state index contributed by atoms with van der Waals surface area (Å²) in [4.78, 5) is 26.1. The molecule has 1 aromatic rings. The van der Waals surface area contributed by atoms with Gasteiger partial charge in [-0.15, -0.1) is 0 Å². The molecule has 0 saturated heterocycles. The van der Waals surface area contributed by atoms with Crippen molar-refractivity contribution >= 4 is 17.7 Å². The number of hydrogen-bond donors (Lipinski definition) is 2. The van der Waals surface area contributed by atoms with E-state index in [1.165, 1.54) is 34.1 Å². The number of carbonyl (C=O) groups is 2. The van der Waals surface area contributed by atoms with Gasteiger partial charge in [0.1, 0.15) is 12.3 Å². The quantitative estimate of drug-likeness (QED) is 0.893. The Hall–Kier alpha value is -2.24. The van der Waals surface area contributed by atoms with Crippen LogP contribution in [0.25, 0.3) is 0 Å². The van der Waals surface area contributed by atoms with Crippen molar-refractivity contribution in [3.8, 4) is 5.75 Å². The largest absolute Gasteiger partial charge is 0.508 e. The standard InChI is InChI=1S/C15H22N2O4/c1-15(2,3)10-16(4)14(21)17(9-13(19)20)11-5-7-12(18)8-6-11/h5-8,18H,9-10H2,1-4H3,(H,19,20). The first-order valence-corrected chi connectivity index (χ1v) is 6.63. The molecule has 0 heterocycles. The molecule has 116 valence electrons. The van der Waals surface area contributed by atoms with Gasteiger partial charge in [0.15, 0.2) is 0 Å². The average molecular weight is 294 g/mol. The number of carbonyl (C=O) groups excluding carboxylic acids is 1.